The molecule has 1 aromatic carbocycles. The van der Waals surface area contributed by atoms with Gasteiger partial charge in [-0.25, -0.2) is 0 Å². The average molecular weight is 336 g/mol. The highest BCUT2D eigenvalue weighted by atomic mass is 79.9. The molecule has 0 bridgehead atoms. The molecule has 0 unspecified atom stereocenters. The van der Waals surface area contributed by atoms with E-state index in [0.29, 0.717) is 17.6 Å². The van der Waals surface area contributed by atoms with E-state index >= 15 is 0 Å². The second-order valence-corrected chi connectivity index (χ2v) is 4.95. The standard InChI is InChI=1S/C14H14BrN3O2/c1-17(10-12-4-2-3-7-16-12)13-6-5-11(9-15)8-14(13)18(19)20/h2-8H,9-10H2,1H3. The molecule has 0 fully saturated rings. The van der Waals surface area contributed by atoms with Crippen molar-refractivity contribution in [1.29, 1.82) is 0 Å². The van der Waals surface area contributed by atoms with E-state index in [9.17, 15) is 10.1 Å². The molecule has 0 atom stereocenters. The Morgan fingerprint density at radius 2 is 2.15 bits per heavy atom. The van der Waals surface area contributed by atoms with Gasteiger partial charge in [-0.3, -0.25) is 15.1 Å². The maximum absolute atomic E-state index is 11.2. The molecule has 0 saturated heterocycles. The Bertz CT molecular complexity index is 605. The van der Waals surface area contributed by atoms with Crippen LogP contribution in [0.2, 0.25) is 0 Å². The molecular weight excluding hydrogens is 322 g/mol. The summed E-state index contributed by atoms with van der Waals surface area (Å²) in [6.45, 7) is 0.523. The van der Waals surface area contributed by atoms with E-state index < -0.39 is 0 Å². The van der Waals surface area contributed by atoms with Crippen LogP contribution in [0, 0.1) is 10.1 Å². The summed E-state index contributed by atoms with van der Waals surface area (Å²) < 4.78 is 0. The summed E-state index contributed by atoms with van der Waals surface area (Å²) >= 11 is 3.31. The van der Waals surface area contributed by atoms with Crippen molar-refractivity contribution in [2.45, 2.75) is 11.9 Å². The molecule has 0 radical (unpaired) electrons. The smallest absolute Gasteiger partial charge is 0.292 e. The molecule has 1 aromatic heterocycles. The highest BCUT2D eigenvalue weighted by Gasteiger charge is 2.18. The Morgan fingerprint density at radius 3 is 2.75 bits per heavy atom. The van der Waals surface area contributed by atoms with E-state index in [2.05, 4.69) is 20.9 Å². The van der Waals surface area contributed by atoms with Crippen molar-refractivity contribution >= 4 is 27.3 Å². The van der Waals surface area contributed by atoms with Gasteiger partial charge in [-0.2, -0.15) is 0 Å². The van der Waals surface area contributed by atoms with Crippen LogP contribution in [0.25, 0.3) is 0 Å². The quantitative estimate of drug-likeness (QED) is 0.476. The van der Waals surface area contributed by atoms with Gasteiger partial charge in [-0.15, -0.1) is 0 Å². The number of rotatable bonds is 5. The van der Waals surface area contributed by atoms with Gasteiger partial charge in [0.1, 0.15) is 5.69 Å². The lowest BCUT2D eigenvalue weighted by molar-refractivity contribution is -0.384. The first-order valence-corrected chi connectivity index (χ1v) is 7.18. The van der Waals surface area contributed by atoms with Crippen molar-refractivity contribution in [3.8, 4) is 0 Å². The van der Waals surface area contributed by atoms with Crippen molar-refractivity contribution in [3.05, 3.63) is 64.0 Å². The van der Waals surface area contributed by atoms with E-state index in [1.54, 1.807) is 18.3 Å². The molecule has 20 heavy (non-hydrogen) atoms. The van der Waals surface area contributed by atoms with Crippen molar-refractivity contribution in [3.63, 3.8) is 0 Å². The first-order chi connectivity index (χ1) is 9.61. The molecule has 0 spiro atoms. The third-order valence-electron chi connectivity index (χ3n) is 2.93. The number of pyridine rings is 1. The monoisotopic (exact) mass is 335 g/mol. The van der Waals surface area contributed by atoms with Crippen molar-refractivity contribution in [2.24, 2.45) is 0 Å². The van der Waals surface area contributed by atoms with Gasteiger partial charge in [-0.1, -0.05) is 28.1 Å². The number of nitrogens with zero attached hydrogens (tertiary/aromatic N) is 3. The van der Waals surface area contributed by atoms with Crippen molar-refractivity contribution in [2.75, 3.05) is 11.9 Å². The van der Waals surface area contributed by atoms with E-state index in [-0.39, 0.29) is 10.6 Å². The van der Waals surface area contributed by atoms with Gasteiger partial charge in [0.2, 0.25) is 0 Å². The summed E-state index contributed by atoms with van der Waals surface area (Å²) in [6, 6.07) is 10.9. The van der Waals surface area contributed by atoms with Gasteiger partial charge in [0.05, 0.1) is 17.2 Å². The molecule has 2 rings (SSSR count). The summed E-state index contributed by atoms with van der Waals surface area (Å²) in [6.07, 6.45) is 1.71. The minimum atomic E-state index is -0.351. The Labute approximate surface area is 125 Å². The van der Waals surface area contributed by atoms with E-state index in [1.807, 2.05) is 36.2 Å². The van der Waals surface area contributed by atoms with Crippen molar-refractivity contribution < 1.29 is 4.92 Å². The van der Waals surface area contributed by atoms with Gasteiger partial charge in [0, 0.05) is 24.6 Å². The number of aromatic nitrogens is 1. The van der Waals surface area contributed by atoms with Gasteiger partial charge in [0.15, 0.2) is 0 Å². The Kier molecular flexibility index (Phi) is 4.68. The molecule has 0 amide bonds. The van der Waals surface area contributed by atoms with Crippen LogP contribution in [-0.2, 0) is 11.9 Å². The average Bonchev–Trinajstić information content (AvgIpc) is 2.47. The fourth-order valence-electron chi connectivity index (χ4n) is 1.94. The number of hydrogen-bond acceptors (Lipinski definition) is 4. The first kappa shape index (κ1) is 14.5. The zero-order valence-electron chi connectivity index (χ0n) is 11.0. The third kappa shape index (κ3) is 3.33. The van der Waals surface area contributed by atoms with E-state index in [0.717, 1.165) is 11.3 Å². The molecule has 2 aromatic rings. The lowest BCUT2D eigenvalue weighted by Crippen LogP contribution is -2.18. The summed E-state index contributed by atoms with van der Waals surface area (Å²) in [7, 11) is 1.82. The fraction of sp³-hybridized carbons (Fsp3) is 0.214. The molecule has 0 aliphatic heterocycles. The number of hydrogen-bond donors (Lipinski definition) is 0. The zero-order chi connectivity index (χ0) is 14.5. The maximum Gasteiger partial charge on any atom is 0.292 e. The highest BCUT2D eigenvalue weighted by Crippen LogP contribution is 2.29. The Balaban J connectivity index is 2.29. The lowest BCUT2D eigenvalue weighted by Gasteiger charge is -2.19. The number of nitro benzene ring substituents is 1. The van der Waals surface area contributed by atoms with Crippen LogP contribution < -0.4 is 4.90 Å². The number of anilines is 1. The molecule has 5 nitrogen and oxygen atoms in total. The zero-order valence-corrected chi connectivity index (χ0v) is 12.6. The highest BCUT2D eigenvalue weighted by molar-refractivity contribution is 9.08. The summed E-state index contributed by atoms with van der Waals surface area (Å²) in [4.78, 5) is 16.9. The van der Waals surface area contributed by atoms with Gasteiger partial charge >= 0.3 is 0 Å². The SMILES string of the molecule is CN(Cc1ccccn1)c1ccc(CBr)cc1[N+](=O)[O-]. The van der Waals surface area contributed by atoms with Crippen LogP contribution in [0.15, 0.2) is 42.6 Å². The first-order valence-electron chi connectivity index (χ1n) is 6.06. The Morgan fingerprint density at radius 1 is 1.35 bits per heavy atom. The fourth-order valence-corrected chi connectivity index (χ4v) is 2.29. The largest absolute Gasteiger partial charge is 0.363 e. The van der Waals surface area contributed by atoms with Crippen LogP contribution in [0.4, 0.5) is 11.4 Å². The van der Waals surface area contributed by atoms with Crippen LogP contribution in [0.1, 0.15) is 11.3 Å². The molecular formula is C14H14BrN3O2. The van der Waals surface area contributed by atoms with Gasteiger partial charge in [-0.05, 0) is 23.8 Å². The minimum Gasteiger partial charge on any atom is -0.363 e. The third-order valence-corrected chi connectivity index (χ3v) is 3.57. The second-order valence-electron chi connectivity index (χ2n) is 4.39. The lowest BCUT2D eigenvalue weighted by atomic mass is 10.1. The summed E-state index contributed by atoms with van der Waals surface area (Å²) in [5.74, 6) is 0. The molecule has 0 saturated carbocycles. The second kappa shape index (κ2) is 6.47. The van der Waals surface area contributed by atoms with Crippen molar-refractivity contribution in [1.82, 2.24) is 4.98 Å². The molecule has 0 aliphatic rings. The number of benzene rings is 1. The van der Waals surface area contributed by atoms with Crippen LogP contribution in [0.5, 0.6) is 0 Å². The number of alkyl halides is 1. The molecule has 6 heteroatoms. The van der Waals surface area contributed by atoms with Gasteiger partial charge < -0.3 is 4.90 Å². The van der Waals surface area contributed by atoms with Gasteiger partial charge in [0.25, 0.3) is 5.69 Å². The van der Waals surface area contributed by atoms with Crippen LogP contribution in [0.3, 0.4) is 0 Å². The molecule has 0 aliphatic carbocycles. The predicted molar refractivity (Wildman–Crippen MR) is 82.1 cm³/mol. The predicted octanol–water partition coefficient (Wildman–Crippen LogP) is 3.52. The van der Waals surface area contributed by atoms with Crippen LogP contribution in [-0.4, -0.2) is 17.0 Å². The topological polar surface area (TPSA) is 59.3 Å². The molecule has 104 valence electrons. The van der Waals surface area contributed by atoms with E-state index in [4.69, 9.17) is 0 Å². The summed E-state index contributed by atoms with van der Waals surface area (Å²) in [5, 5.41) is 11.8. The normalized spacial score (nSPS) is 10.3. The number of halogens is 1. The van der Waals surface area contributed by atoms with E-state index in [1.165, 1.54) is 0 Å². The van der Waals surface area contributed by atoms with Crippen LogP contribution >= 0.6 is 15.9 Å². The maximum atomic E-state index is 11.2. The number of nitro groups is 1. The summed E-state index contributed by atoms with van der Waals surface area (Å²) in [5.41, 5.74) is 2.45. The Hall–Kier alpha value is -1.95. The molecule has 1 heterocycles. The molecule has 0 N–H and O–H groups in total. The minimum absolute atomic E-state index is 0.111.